The summed E-state index contributed by atoms with van der Waals surface area (Å²) >= 11 is 0. The maximum atomic E-state index is 13.3. The molecule has 13 heteroatoms. The predicted octanol–water partition coefficient (Wildman–Crippen LogP) is 3.50. The second-order valence-corrected chi connectivity index (χ2v) is 10.8. The molecular weight excluding hydrogens is 540 g/mol. The minimum atomic E-state index is -0.746. The van der Waals surface area contributed by atoms with E-state index in [1.165, 1.54) is 27.2 Å². The molecule has 1 fully saturated rings. The molecule has 13 nitrogen and oxygen atoms in total. The topological polar surface area (TPSA) is 145 Å². The van der Waals surface area contributed by atoms with E-state index in [0.29, 0.717) is 12.4 Å². The average molecular weight is 574 g/mol. The minimum Gasteiger partial charge on any atom is -0.443 e. The third-order valence-electron chi connectivity index (χ3n) is 6.67. The van der Waals surface area contributed by atoms with Crippen LogP contribution in [0.1, 0.15) is 44.0 Å². The van der Waals surface area contributed by atoms with Gasteiger partial charge in [0, 0.05) is 25.5 Å². The monoisotopic (exact) mass is 573 g/mol. The highest BCUT2D eigenvalue weighted by molar-refractivity contribution is 6.00. The lowest BCUT2D eigenvalue weighted by Gasteiger charge is -2.35. The van der Waals surface area contributed by atoms with E-state index in [0.717, 1.165) is 12.8 Å². The number of aromatic nitrogens is 5. The molecule has 5 rings (SSSR count). The Morgan fingerprint density at radius 3 is 2.67 bits per heavy atom. The van der Waals surface area contributed by atoms with Crippen LogP contribution in [-0.4, -0.2) is 67.6 Å². The number of amides is 2. The summed E-state index contributed by atoms with van der Waals surface area (Å²) in [5, 5.41) is 10.4. The molecule has 0 unspecified atom stereocenters. The van der Waals surface area contributed by atoms with Crippen molar-refractivity contribution in [1.82, 2.24) is 29.5 Å². The maximum absolute atomic E-state index is 13.3. The molecule has 4 heterocycles. The van der Waals surface area contributed by atoms with Gasteiger partial charge in [-0.15, -0.1) is 0 Å². The van der Waals surface area contributed by atoms with Crippen LogP contribution in [0.25, 0.3) is 11.5 Å². The minimum absolute atomic E-state index is 0.105. The number of nitrogens with zero attached hydrogens (tertiary/aromatic N) is 6. The van der Waals surface area contributed by atoms with Crippen molar-refractivity contribution in [1.29, 1.82) is 0 Å². The van der Waals surface area contributed by atoms with Crippen molar-refractivity contribution in [3.05, 3.63) is 77.8 Å². The summed E-state index contributed by atoms with van der Waals surface area (Å²) in [6.07, 6.45) is 5.46. The van der Waals surface area contributed by atoms with Gasteiger partial charge in [-0.05, 0) is 57.9 Å². The van der Waals surface area contributed by atoms with E-state index >= 15 is 0 Å². The Labute approximate surface area is 242 Å². The lowest BCUT2D eigenvalue weighted by molar-refractivity contribution is -0.0114. The SMILES string of the molecule is [CH2+]CO[C@@H]1CC[C@H]1NC(=O)c1cnn2c(N(C)C(=O)OC(C)(C)C)cc(Nc3cccn(-c4ccccn4)c3=O)nc12. The van der Waals surface area contributed by atoms with E-state index in [9.17, 15) is 14.4 Å². The summed E-state index contributed by atoms with van der Waals surface area (Å²) in [6, 6.07) is 9.96. The first-order valence-electron chi connectivity index (χ1n) is 13.5. The van der Waals surface area contributed by atoms with E-state index in [1.54, 1.807) is 69.6 Å². The highest BCUT2D eigenvalue weighted by Crippen LogP contribution is 2.27. The highest BCUT2D eigenvalue weighted by atomic mass is 16.6. The molecule has 0 aliphatic heterocycles. The molecule has 2 amide bonds. The Kier molecular flexibility index (Phi) is 7.85. The summed E-state index contributed by atoms with van der Waals surface area (Å²) in [5.41, 5.74) is -0.537. The van der Waals surface area contributed by atoms with E-state index in [4.69, 9.17) is 9.47 Å². The normalized spacial score (nSPS) is 16.5. The van der Waals surface area contributed by atoms with Crippen molar-refractivity contribution in [2.24, 2.45) is 0 Å². The number of hydrogen-bond donors (Lipinski definition) is 2. The third-order valence-corrected chi connectivity index (χ3v) is 6.67. The first kappa shape index (κ1) is 28.6. The number of hydrogen-bond acceptors (Lipinski definition) is 9. The molecule has 0 aromatic carbocycles. The van der Waals surface area contributed by atoms with Crippen LogP contribution < -0.4 is 21.1 Å². The zero-order valence-corrected chi connectivity index (χ0v) is 23.9. The van der Waals surface area contributed by atoms with Crippen LogP contribution in [0.5, 0.6) is 0 Å². The van der Waals surface area contributed by atoms with Gasteiger partial charge in [-0.3, -0.25) is 19.1 Å². The molecular formula is C29H33N8O5+. The molecule has 1 aliphatic rings. The number of nitrogens with one attached hydrogen (secondary N) is 2. The number of rotatable bonds is 8. The van der Waals surface area contributed by atoms with Gasteiger partial charge in [-0.1, -0.05) is 6.07 Å². The molecule has 0 radical (unpaired) electrons. The molecule has 0 saturated heterocycles. The average Bonchev–Trinajstić information content (AvgIpc) is 3.38. The fraction of sp³-hybridized carbons (Fsp3) is 0.345. The van der Waals surface area contributed by atoms with E-state index in [2.05, 4.69) is 32.6 Å². The zero-order chi connectivity index (χ0) is 30.0. The van der Waals surface area contributed by atoms with Gasteiger partial charge >= 0.3 is 6.09 Å². The number of ether oxygens (including phenoxy) is 2. The quantitative estimate of drug-likeness (QED) is 0.303. The Morgan fingerprint density at radius 1 is 1.19 bits per heavy atom. The molecule has 218 valence electrons. The molecule has 1 aliphatic carbocycles. The zero-order valence-electron chi connectivity index (χ0n) is 23.9. The summed E-state index contributed by atoms with van der Waals surface area (Å²) in [7, 11) is 1.53. The van der Waals surface area contributed by atoms with Gasteiger partial charge in [0.2, 0.25) is 0 Å². The van der Waals surface area contributed by atoms with Gasteiger partial charge in [0.05, 0.1) is 25.3 Å². The molecule has 0 spiro atoms. The van der Waals surface area contributed by atoms with E-state index in [-0.39, 0.29) is 52.1 Å². The maximum Gasteiger partial charge on any atom is 0.415 e. The second-order valence-electron chi connectivity index (χ2n) is 10.8. The summed E-state index contributed by atoms with van der Waals surface area (Å²) in [4.78, 5) is 49.8. The Balaban J connectivity index is 1.54. The van der Waals surface area contributed by atoms with Crippen molar-refractivity contribution >= 4 is 35.0 Å². The highest BCUT2D eigenvalue weighted by Gasteiger charge is 2.34. The molecule has 42 heavy (non-hydrogen) atoms. The van der Waals surface area contributed by atoms with Gasteiger partial charge in [0.25, 0.3) is 11.5 Å². The molecule has 2 N–H and O–H groups in total. The third kappa shape index (κ3) is 5.91. The summed E-state index contributed by atoms with van der Waals surface area (Å²) in [6.45, 7) is 9.31. The van der Waals surface area contributed by atoms with Gasteiger partial charge in [-0.25, -0.2) is 14.8 Å². The first-order valence-corrected chi connectivity index (χ1v) is 13.5. The number of anilines is 3. The summed E-state index contributed by atoms with van der Waals surface area (Å²) in [5.74, 6) is 0.533. The molecule has 4 aromatic rings. The number of carbonyl (C=O) groups excluding carboxylic acids is 2. The van der Waals surface area contributed by atoms with Crippen molar-refractivity contribution in [2.75, 3.05) is 23.9 Å². The van der Waals surface area contributed by atoms with E-state index < -0.39 is 11.7 Å². The van der Waals surface area contributed by atoms with Crippen molar-refractivity contribution in [2.45, 2.75) is 51.4 Å². The standard InChI is InChI=1S/C29H32N8O5/c1-6-41-21-13-12-19(21)33-26(38)18-17-31-37-24(35(5)28(40)42-29(2,3)4)16-22(34-25(18)37)32-20-10-9-15-36(27(20)39)23-11-7-8-14-30-23/h7-11,14-17,19,21H,1,6,12-13H2,2-5H3,(H-,31,32,33,34,38)/p+1/t19-,21-/m1/s1. The van der Waals surface area contributed by atoms with Crippen molar-refractivity contribution in [3.63, 3.8) is 0 Å². The van der Waals surface area contributed by atoms with Crippen LogP contribution in [0.2, 0.25) is 0 Å². The van der Waals surface area contributed by atoms with Crippen molar-refractivity contribution < 1.29 is 19.1 Å². The van der Waals surface area contributed by atoms with Crippen LogP contribution in [0.3, 0.4) is 0 Å². The van der Waals surface area contributed by atoms with E-state index in [1.807, 2.05) is 0 Å². The van der Waals surface area contributed by atoms with Gasteiger partial charge in [-0.2, -0.15) is 9.61 Å². The molecule has 2 atom stereocenters. The fourth-order valence-electron chi connectivity index (χ4n) is 4.47. The first-order chi connectivity index (χ1) is 20.1. The van der Waals surface area contributed by atoms with Crippen LogP contribution >= 0.6 is 0 Å². The van der Waals surface area contributed by atoms with Crippen molar-refractivity contribution in [3.8, 4) is 5.82 Å². The Hall–Kier alpha value is -4.91. The van der Waals surface area contributed by atoms with Gasteiger partial charge in [0.15, 0.2) is 12.3 Å². The number of fused-ring (bicyclic) bond motifs is 1. The van der Waals surface area contributed by atoms with Crippen LogP contribution in [0, 0.1) is 6.92 Å². The predicted molar refractivity (Wildman–Crippen MR) is 156 cm³/mol. The van der Waals surface area contributed by atoms with Crippen LogP contribution in [0.4, 0.5) is 22.1 Å². The van der Waals surface area contributed by atoms with Crippen LogP contribution in [-0.2, 0) is 9.47 Å². The molecule has 0 bridgehead atoms. The summed E-state index contributed by atoms with van der Waals surface area (Å²) < 4.78 is 13.9. The van der Waals surface area contributed by atoms with Crippen LogP contribution in [0.15, 0.2) is 59.8 Å². The molecule has 1 saturated carbocycles. The Morgan fingerprint density at radius 2 is 2.00 bits per heavy atom. The smallest absolute Gasteiger partial charge is 0.415 e. The number of pyridine rings is 2. The fourth-order valence-corrected chi connectivity index (χ4v) is 4.47. The molecule has 4 aromatic heterocycles. The lowest BCUT2D eigenvalue weighted by Crippen LogP contribution is -2.51. The second kappa shape index (κ2) is 11.5. The van der Waals surface area contributed by atoms with Gasteiger partial charge in [0.1, 0.15) is 34.3 Å². The Bertz CT molecular complexity index is 1660. The lowest BCUT2D eigenvalue weighted by atomic mass is 9.89. The number of carbonyl (C=O) groups is 2. The largest absolute Gasteiger partial charge is 0.443 e. The van der Waals surface area contributed by atoms with Gasteiger partial charge < -0.3 is 20.1 Å².